The van der Waals surface area contributed by atoms with Gasteiger partial charge in [-0.25, -0.2) is 14.4 Å². The van der Waals surface area contributed by atoms with Crippen LogP contribution >= 0.6 is 0 Å². The van der Waals surface area contributed by atoms with Crippen molar-refractivity contribution in [3.63, 3.8) is 0 Å². The lowest BCUT2D eigenvalue weighted by atomic mass is 9.95. The summed E-state index contributed by atoms with van der Waals surface area (Å²) in [4.78, 5) is 7.91. The van der Waals surface area contributed by atoms with Crippen LogP contribution in [0.15, 0.2) is 12.7 Å². The van der Waals surface area contributed by atoms with Crippen molar-refractivity contribution in [1.29, 1.82) is 0 Å². The average molecular weight is 304 g/mol. The average Bonchev–Trinajstić information content (AvgIpc) is 3.03. The van der Waals surface area contributed by atoms with E-state index in [0.29, 0.717) is 24.7 Å². The number of aromatic nitrogens is 5. The molecule has 0 aliphatic heterocycles. The molecule has 1 aliphatic carbocycles. The van der Waals surface area contributed by atoms with Crippen molar-refractivity contribution >= 4 is 5.82 Å². The van der Waals surface area contributed by atoms with Gasteiger partial charge in [-0.05, 0) is 19.3 Å². The van der Waals surface area contributed by atoms with Crippen molar-refractivity contribution in [3.8, 4) is 0 Å². The molecule has 0 aromatic carbocycles. The van der Waals surface area contributed by atoms with E-state index in [9.17, 15) is 4.39 Å². The Morgan fingerprint density at radius 3 is 2.86 bits per heavy atom. The SMILES string of the molecule is CCc1ncnc(NCc2nncn2C2CCCCC2)c1F. The van der Waals surface area contributed by atoms with Gasteiger partial charge >= 0.3 is 0 Å². The molecule has 3 rings (SSSR count). The second-order valence-corrected chi connectivity index (χ2v) is 5.64. The van der Waals surface area contributed by atoms with Crippen LogP contribution in [0.1, 0.15) is 56.6 Å². The first-order valence-electron chi connectivity index (χ1n) is 7.91. The summed E-state index contributed by atoms with van der Waals surface area (Å²) in [5.41, 5.74) is 0.422. The molecule has 6 nitrogen and oxygen atoms in total. The number of aryl methyl sites for hydroxylation is 1. The van der Waals surface area contributed by atoms with Crippen LogP contribution in [0, 0.1) is 5.82 Å². The molecule has 0 unspecified atom stereocenters. The van der Waals surface area contributed by atoms with E-state index in [-0.39, 0.29) is 11.6 Å². The molecular weight excluding hydrogens is 283 g/mol. The van der Waals surface area contributed by atoms with Crippen molar-refractivity contribution in [1.82, 2.24) is 24.7 Å². The minimum absolute atomic E-state index is 0.227. The third-order valence-corrected chi connectivity index (χ3v) is 4.23. The van der Waals surface area contributed by atoms with Gasteiger partial charge in [0.15, 0.2) is 17.5 Å². The largest absolute Gasteiger partial charge is 0.360 e. The molecule has 0 amide bonds. The second-order valence-electron chi connectivity index (χ2n) is 5.64. The Balaban J connectivity index is 1.71. The topological polar surface area (TPSA) is 68.5 Å². The smallest absolute Gasteiger partial charge is 0.186 e. The number of halogens is 1. The molecule has 0 saturated heterocycles. The number of hydrogen-bond acceptors (Lipinski definition) is 5. The molecule has 0 atom stereocenters. The first-order valence-corrected chi connectivity index (χ1v) is 7.91. The van der Waals surface area contributed by atoms with E-state index in [1.54, 1.807) is 6.33 Å². The second kappa shape index (κ2) is 6.81. The summed E-state index contributed by atoms with van der Waals surface area (Å²) in [7, 11) is 0. The molecule has 2 aromatic heterocycles. The predicted octanol–water partition coefficient (Wildman–Crippen LogP) is 2.89. The summed E-state index contributed by atoms with van der Waals surface area (Å²) in [6, 6.07) is 0.460. The number of nitrogens with one attached hydrogen (secondary N) is 1. The first-order chi connectivity index (χ1) is 10.8. The van der Waals surface area contributed by atoms with Crippen LogP contribution in [-0.4, -0.2) is 24.7 Å². The van der Waals surface area contributed by atoms with Gasteiger partial charge < -0.3 is 9.88 Å². The van der Waals surface area contributed by atoms with Crippen LogP contribution in [0.4, 0.5) is 10.2 Å². The van der Waals surface area contributed by atoms with E-state index in [1.165, 1.54) is 25.6 Å². The quantitative estimate of drug-likeness (QED) is 0.920. The highest BCUT2D eigenvalue weighted by Gasteiger charge is 2.19. The molecule has 0 bridgehead atoms. The van der Waals surface area contributed by atoms with Crippen LogP contribution in [0.3, 0.4) is 0 Å². The van der Waals surface area contributed by atoms with Crippen molar-refractivity contribution in [2.45, 2.75) is 58.0 Å². The standard InChI is InChI=1S/C15H21FN6/c1-2-12-14(16)15(19-9-18-12)17-8-13-21-20-10-22(13)11-6-4-3-5-7-11/h9-11H,2-8H2,1H3,(H,17,18,19). The summed E-state index contributed by atoms with van der Waals surface area (Å²) in [6.45, 7) is 2.28. The third kappa shape index (κ3) is 3.08. The molecule has 1 fully saturated rings. The molecule has 1 aliphatic rings. The van der Waals surface area contributed by atoms with Crippen LogP contribution in [0.2, 0.25) is 0 Å². The van der Waals surface area contributed by atoms with Gasteiger partial charge in [-0.2, -0.15) is 0 Å². The Bertz CT molecular complexity index is 620. The molecule has 1 N–H and O–H groups in total. The van der Waals surface area contributed by atoms with Crippen molar-refractivity contribution in [2.75, 3.05) is 5.32 Å². The lowest BCUT2D eigenvalue weighted by Crippen LogP contribution is -2.17. The highest BCUT2D eigenvalue weighted by atomic mass is 19.1. The highest BCUT2D eigenvalue weighted by Crippen LogP contribution is 2.28. The lowest BCUT2D eigenvalue weighted by molar-refractivity contribution is 0.346. The van der Waals surface area contributed by atoms with Gasteiger partial charge in [-0.3, -0.25) is 0 Å². The van der Waals surface area contributed by atoms with E-state index in [0.717, 1.165) is 18.7 Å². The lowest BCUT2D eigenvalue weighted by Gasteiger charge is -2.24. The fourth-order valence-corrected chi connectivity index (χ4v) is 3.00. The third-order valence-electron chi connectivity index (χ3n) is 4.23. The Labute approximate surface area is 129 Å². The molecule has 0 spiro atoms. The molecule has 7 heteroatoms. The van der Waals surface area contributed by atoms with Crippen LogP contribution in [-0.2, 0) is 13.0 Å². The zero-order valence-electron chi connectivity index (χ0n) is 12.8. The van der Waals surface area contributed by atoms with E-state index >= 15 is 0 Å². The molecule has 2 aromatic rings. The number of anilines is 1. The summed E-state index contributed by atoms with van der Waals surface area (Å²) in [5.74, 6) is 0.668. The molecule has 0 radical (unpaired) electrons. The van der Waals surface area contributed by atoms with Gasteiger partial charge in [0.1, 0.15) is 12.7 Å². The van der Waals surface area contributed by atoms with Gasteiger partial charge in [0, 0.05) is 6.04 Å². The highest BCUT2D eigenvalue weighted by molar-refractivity contribution is 5.37. The van der Waals surface area contributed by atoms with Gasteiger partial charge in [0.05, 0.1) is 12.2 Å². The maximum Gasteiger partial charge on any atom is 0.186 e. The van der Waals surface area contributed by atoms with E-state index in [1.807, 2.05) is 6.92 Å². The molecule has 118 valence electrons. The minimum Gasteiger partial charge on any atom is -0.360 e. The Morgan fingerprint density at radius 2 is 2.09 bits per heavy atom. The van der Waals surface area contributed by atoms with E-state index in [2.05, 4.69) is 30.0 Å². The Morgan fingerprint density at radius 1 is 1.27 bits per heavy atom. The van der Waals surface area contributed by atoms with Crippen LogP contribution in [0.5, 0.6) is 0 Å². The normalized spacial score (nSPS) is 15.9. The zero-order valence-corrected chi connectivity index (χ0v) is 12.8. The maximum atomic E-state index is 14.1. The number of hydrogen-bond donors (Lipinski definition) is 1. The Hall–Kier alpha value is -2.05. The first kappa shape index (κ1) is 14.9. The maximum absolute atomic E-state index is 14.1. The molecule has 1 saturated carbocycles. The summed E-state index contributed by atoms with van der Waals surface area (Å²) >= 11 is 0. The fraction of sp³-hybridized carbons (Fsp3) is 0.600. The van der Waals surface area contributed by atoms with Crippen LogP contribution in [0.25, 0.3) is 0 Å². The van der Waals surface area contributed by atoms with Crippen LogP contribution < -0.4 is 5.32 Å². The number of rotatable bonds is 5. The van der Waals surface area contributed by atoms with Crippen molar-refractivity contribution in [2.24, 2.45) is 0 Å². The van der Waals surface area contributed by atoms with Gasteiger partial charge in [0.25, 0.3) is 0 Å². The fourth-order valence-electron chi connectivity index (χ4n) is 3.00. The summed E-state index contributed by atoms with van der Waals surface area (Å²) < 4.78 is 16.2. The molecular formula is C15H21FN6. The monoisotopic (exact) mass is 304 g/mol. The van der Waals surface area contributed by atoms with Crippen molar-refractivity contribution < 1.29 is 4.39 Å². The summed E-state index contributed by atoms with van der Waals surface area (Å²) in [6.07, 6.45) is 9.82. The Kier molecular flexibility index (Phi) is 4.60. The van der Waals surface area contributed by atoms with Crippen molar-refractivity contribution in [3.05, 3.63) is 30.0 Å². The minimum atomic E-state index is -0.381. The zero-order chi connectivity index (χ0) is 15.4. The number of nitrogens with zero attached hydrogens (tertiary/aromatic N) is 5. The van der Waals surface area contributed by atoms with Gasteiger partial charge in [-0.1, -0.05) is 26.2 Å². The van der Waals surface area contributed by atoms with Gasteiger partial charge in [-0.15, -0.1) is 10.2 Å². The van der Waals surface area contributed by atoms with E-state index < -0.39 is 0 Å². The predicted molar refractivity (Wildman–Crippen MR) is 80.8 cm³/mol. The van der Waals surface area contributed by atoms with E-state index in [4.69, 9.17) is 0 Å². The summed E-state index contributed by atoms with van der Waals surface area (Å²) in [5, 5.41) is 11.2. The van der Waals surface area contributed by atoms with Gasteiger partial charge in [0.2, 0.25) is 0 Å². The molecule has 22 heavy (non-hydrogen) atoms. The molecule has 2 heterocycles.